The number of fused-ring (bicyclic) bond motifs is 1. The zero-order chi connectivity index (χ0) is 14.0. The fraction of sp³-hybridized carbons (Fsp3) is 0.312. The molecule has 0 fully saturated rings. The molecule has 0 spiro atoms. The largest absolute Gasteiger partial charge is 0.459 e. The average Bonchev–Trinajstić information content (AvgIpc) is 2.35. The Balaban J connectivity index is 2.36. The van der Waals surface area contributed by atoms with Gasteiger partial charge in [-0.3, -0.25) is 0 Å². The molecular weight excluding hydrogens is 238 g/mol. The first kappa shape index (κ1) is 13.6. The molecule has 0 saturated heterocycles. The molecule has 0 amide bonds. The van der Waals surface area contributed by atoms with Crippen LogP contribution < -0.4 is 5.73 Å². The van der Waals surface area contributed by atoms with Gasteiger partial charge in [0.15, 0.2) is 0 Å². The normalized spacial score (nSPS) is 13.3. The fourth-order valence-electron chi connectivity index (χ4n) is 2.01. The lowest BCUT2D eigenvalue weighted by Crippen LogP contribution is -2.31. The lowest BCUT2D eigenvalue weighted by molar-refractivity contribution is -0.156. The van der Waals surface area contributed by atoms with Crippen molar-refractivity contribution in [2.75, 3.05) is 0 Å². The number of carbonyl (C=O) groups is 1. The summed E-state index contributed by atoms with van der Waals surface area (Å²) in [4.78, 5) is 12.1. The maximum Gasteiger partial charge on any atom is 0.328 e. The van der Waals surface area contributed by atoms with Crippen LogP contribution in [0, 0.1) is 0 Å². The molecule has 2 aromatic rings. The SMILES string of the molecule is CC(C)(C)OC(=O)C(N)c1cccc2ccccc12. The minimum Gasteiger partial charge on any atom is -0.459 e. The Hall–Kier alpha value is -1.87. The van der Waals surface area contributed by atoms with Crippen molar-refractivity contribution in [2.45, 2.75) is 32.4 Å². The number of nitrogens with two attached hydrogens (primary N) is 1. The fourth-order valence-corrected chi connectivity index (χ4v) is 2.01. The molecule has 2 N–H and O–H groups in total. The van der Waals surface area contributed by atoms with Gasteiger partial charge in [-0.05, 0) is 37.1 Å². The summed E-state index contributed by atoms with van der Waals surface area (Å²) >= 11 is 0. The summed E-state index contributed by atoms with van der Waals surface area (Å²) < 4.78 is 5.34. The molecule has 100 valence electrons. The molecule has 0 radical (unpaired) electrons. The summed E-state index contributed by atoms with van der Waals surface area (Å²) in [6, 6.07) is 12.9. The second-order valence-electron chi connectivity index (χ2n) is 5.58. The van der Waals surface area contributed by atoms with E-state index in [1.54, 1.807) is 0 Å². The molecule has 3 nitrogen and oxygen atoms in total. The second-order valence-corrected chi connectivity index (χ2v) is 5.58. The standard InChI is InChI=1S/C16H19NO2/c1-16(2,3)19-15(18)14(17)13-10-6-8-11-7-4-5-9-12(11)13/h4-10,14H,17H2,1-3H3. The number of benzene rings is 2. The minimum absolute atomic E-state index is 0.399. The van der Waals surface area contributed by atoms with Gasteiger partial charge in [-0.2, -0.15) is 0 Å². The van der Waals surface area contributed by atoms with Crippen LogP contribution in [0.5, 0.6) is 0 Å². The lowest BCUT2D eigenvalue weighted by Gasteiger charge is -2.22. The van der Waals surface area contributed by atoms with Gasteiger partial charge >= 0.3 is 5.97 Å². The Morgan fingerprint density at radius 3 is 2.42 bits per heavy atom. The molecule has 0 heterocycles. The molecule has 0 aliphatic rings. The van der Waals surface area contributed by atoms with Crippen LogP contribution in [0.4, 0.5) is 0 Å². The van der Waals surface area contributed by atoms with E-state index in [1.807, 2.05) is 63.2 Å². The van der Waals surface area contributed by atoms with Crippen LogP contribution in [-0.2, 0) is 9.53 Å². The first-order chi connectivity index (χ1) is 8.88. The topological polar surface area (TPSA) is 52.3 Å². The first-order valence-electron chi connectivity index (χ1n) is 6.34. The van der Waals surface area contributed by atoms with Crippen LogP contribution >= 0.6 is 0 Å². The molecule has 0 aliphatic heterocycles. The molecule has 0 saturated carbocycles. The summed E-state index contributed by atoms with van der Waals surface area (Å²) in [7, 11) is 0. The Bertz CT molecular complexity index is 594. The maximum atomic E-state index is 12.1. The number of carbonyl (C=O) groups excluding carboxylic acids is 1. The van der Waals surface area contributed by atoms with E-state index in [4.69, 9.17) is 10.5 Å². The van der Waals surface area contributed by atoms with Crippen LogP contribution in [0.25, 0.3) is 10.8 Å². The highest BCUT2D eigenvalue weighted by Crippen LogP contribution is 2.24. The highest BCUT2D eigenvalue weighted by atomic mass is 16.6. The number of hydrogen-bond acceptors (Lipinski definition) is 3. The van der Waals surface area contributed by atoms with Gasteiger partial charge in [0.1, 0.15) is 11.6 Å². The number of ether oxygens (including phenoxy) is 1. The highest BCUT2D eigenvalue weighted by Gasteiger charge is 2.24. The Kier molecular flexibility index (Phi) is 3.58. The third-order valence-electron chi connectivity index (χ3n) is 2.82. The maximum absolute atomic E-state index is 12.1. The third kappa shape index (κ3) is 3.12. The first-order valence-corrected chi connectivity index (χ1v) is 6.34. The van der Waals surface area contributed by atoms with Gasteiger partial charge in [0.05, 0.1) is 0 Å². The molecule has 2 rings (SSSR count). The summed E-state index contributed by atoms with van der Waals surface area (Å²) in [5.74, 6) is -0.399. The Morgan fingerprint density at radius 2 is 1.74 bits per heavy atom. The predicted octanol–water partition coefficient (Wildman–Crippen LogP) is 3.18. The van der Waals surface area contributed by atoms with E-state index in [9.17, 15) is 4.79 Å². The van der Waals surface area contributed by atoms with E-state index in [1.165, 1.54) is 0 Å². The van der Waals surface area contributed by atoms with Crippen molar-refractivity contribution in [3.63, 3.8) is 0 Å². The van der Waals surface area contributed by atoms with Crippen LogP contribution in [0.1, 0.15) is 32.4 Å². The third-order valence-corrected chi connectivity index (χ3v) is 2.82. The monoisotopic (exact) mass is 257 g/mol. The summed E-state index contributed by atoms with van der Waals surface area (Å²) in [5, 5.41) is 2.06. The van der Waals surface area contributed by atoms with E-state index in [0.717, 1.165) is 16.3 Å². The van der Waals surface area contributed by atoms with E-state index in [0.29, 0.717) is 0 Å². The van der Waals surface area contributed by atoms with Crippen LogP contribution in [0.2, 0.25) is 0 Å². The lowest BCUT2D eigenvalue weighted by atomic mass is 9.99. The van der Waals surface area contributed by atoms with Crippen LogP contribution in [0.3, 0.4) is 0 Å². The van der Waals surface area contributed by atoms with Gasteiger partial charge in [0.2, 0.25) is 0 Å². The van der Waals surface area contributed by atoms with Crippen molar-refractivity contribution < 1.29 is 9.53 Å². The predicted molar refractivity (Wildman–Crippen MR) is 76.7 cm³/mol. The summed E-state index contributed by atoms with van der Waals surface area (Å²) in [6.07, 6.45) is 0. The van der Waals surface area contributed by atoms with Gasteiger partial charge in [-0.25, -0.2) is 4.79 Å². The molecular formula is C16H19NO2. The zero-order valence-electron chi connectivity index (χ0n) is 11.5. The van der Waals surface area contributed by atoms with E-state index in [2.05, 4.69) is 0 Å². The molecule has 0 aromatic heterocycles. The molecule has 3 heteroatoms. The molecule has 0 aliphatic carbocycles. The van der Waals surface area contributed by atoms with Gasteiger partial charge in [0, 0.05) is 0 Å². The molecule has 0 bridgehead atoms. The average molecular weight is 257 g/mol. The van der Waals surface area contributed by atoms with Crippen molar-refractivity contribution >= 4 is 16.7 Å². The number of hydrogen-bond donors (Lipinski definition) is 1. The van der Waals surface area contributed by atoms with Crippen LogP contribution in [0.15, 0.2) is 42.5 Å². The van der Waals surface area contributed by atoms with Gasteiger partial charge in [0.25, 0.3) is 0 Å². The quantitative estimate of drug-likeness (QED) is 0.841. The minimum atomic E-state index is -0.759. The van der Waals surface area contributed by atoms with Gasteiger partial charge in [-0.15, -0.1) is 0 Å². The van der Waals surface area contributed by atoms with E-state index in [-0.39, 0.29) is 0 Å². The summed E-state index contributed by atoms with van der Waals surface area (Å²) in [6.45, 7) is 5.50. The Labute approximate surface area is 113 Å². The van der Waals surface area contributed by atoms with Crippen molar-refractivity contribution in [1.82, 2.24) is 0 Å². The zero-order valence-corrected chi connectivity index (χ0v) is 11.5. The smallest absolute Gasteiger partial charge is 0.328 e. The molecule has 2 aromatic carbocycles. The molecule has 1 unspecified atom stereocenters. The number of rotatable bonds is 2. The van der Waals surface area contributed by atoms with E-state index >= 15 is 0 Å². The van der Waals surface area contributed by atoms with Gasteiger partial charge < -0.3 is 10.5 Å². The van der Waals surface area contributed by atoms with Crippen molar-refractivity contribution in [1.29, 1.82) is 0 Å². The van der Waals surface area contributed by atoms with Crippen molar-refractivity contribution in [2.24, 2.45) is 5.73 Å². The molecule has 19 heavy (non-hydrogen) atoms. The highest BCUT2D eigenvalue weighted by molar-refractivity contribution is 5.90. The molecule has 1 atom stereocenters. The van der Waals surface area contributed by atoms with Crippen molar-refractivity contribution in [3.05, 3.63) is 48.0 Å². The summed E-state index contributed by atoms with van der Waals surface area (Å²) in [5.41, 5.74) is 6.31. The van der Waals surface area contributed by atoms with Gasteiger partial charge in [-0.1, -0.05) is 42.5 Å². The van der Waals surface area contributed by atoms with Crippen molar-refractivity contribution in [3.8, 4) is 0 Å². The number of esters is 1. The Morgan fingerprint density at radius 1 is 1.11 bits per heavy atom. The second kappa shape index (κ2) is 5.02. The van der Waals surface area contributed by atoms with Crippen LogP contribution in [-0.4, -0.2) is 11.6 Å². The van der Waals surface area contributed by atoms with E-state index < -0.39 is 17.6 Å².